The fourth-order valence-corrected chi connectivity index (χ4v) is 2.45. The number of hydrogen-bond donors (Lipinski definition) is 2. The summed E-state index contributed by atoms with van der Waals surface area (Å²) in [7, 11) is 0. The first-order chi connectivity index (χ1) is 9.47. The van der Waals surface area contributed by atoms with E-state index >= 15 is 0 Å². The Morgan fingerprint density at radius 1 is 1.25 bits per heavy atom. The van der Waals surface area contributed by atoms with Crippen molar-refractivity contribution in [1.82, 2.24) is 0 Å². The molecule has 0 fully saturated rings. The van der Waals surface area contributed by atoms with Gasteiger partial charge >= 0.3 is 0 Å². The minimum atomic E-state index is -0.727. The third-order valence-electron chi connectivity index (χ3n) is 2.91. The van der Waals surface area contributed by atoms with Gasteiger partial charge in [-0.15, -0.1) is 0 Å². The maximum Gasteiger partial charge on any atom is 0.245 e. The number of carbonyl (C=O) groups excluding carboxylic acids is 1. The van der Waals surface area contributed by atoms with Gasteiger partial charge in [0.2, 0.25) is 5.91 Å². The molecule has 0 aliphatic heterocycles. The van der Waals surface area contributed by atoms with Crippen LogP contribution in [0, 0.1) is 6.92 Å². The van der Waals surface area contributed by atoms with Gasteiger partial charge in [-0.3, -0.25) is 4.79 Å². The molecule has 0 spiro atoms. The largest absolute Gasteiger partial charge is 0.323 e. The molecule has 0 aliphatic carbocycles. The number of anilines is 1. The SMILES string of the molecule is Cc1ccc(C(N)C(=O)Nc2ccc(Br)cc2Cl)cc1. The molecule has 0 aliphatic rings. The molecule has 0 aromatic heterocycles. The molecule has 3 nitrogen and oxygen atoms in total. The molecule has 1 amide bonds. The zero-order valence-electron chi connectivity index (χ0n) is 10.9. The van der Waals surface area contributed by atoms with Crippen molar-refractivity contribution in [3.63, 3.8) is 0 Å². The predicted octanol–water partition coefficient (Wildman–Crippen LogP) is 4.05. The molecule has 2 aromatic carbocycles. The Labute approximate surface area is 131 Å². The molecule has 2 rings (SSSR count). The monoisotopic (exact) mass is 352 g/mol. The van der Waals surface area contributed by atoms with Crippen LogP contribution in [0.4, 0.5) is 5.69 Å². The number of benzene rings is 2. The van der Waals surface area contributed by atoms with Crippen LogP contribution in [0.15, 0.2) is 46.9 Å². The van der Waals surface area contributed by atoms with Crippen molar-refractivity contribution in [2.24, 2.45) is 5.73 Å². The Bertz CT molecular complexity index is 628. The van der Waals surface area contributed by atoms with E-state index in [-0.39, 0.29) is 5.91 Å². The first-order valence-corrected chi connectivity index (χ1v) is 7.22. The highest BCUT2D eigenvalue weighted by atomic mass is 79.9. The van der Waals surface area contributed by atoms with E-state index in [1.54, 1.807) is 18.2 Å². The quantitative estimate of drug-likeness (QED) is 0.874. The van der Waals surface area contributed by atoms with Gasteiger partial charge in [0.05, 0.1) is 10.7 Å². The van der Waals surface area contributed by atoms with E-state index in [0.29, 0.717) is 10.7 Å². The highest BCUT2D eigenvalue weighted by molar-refractivity contribution is 9.10. The molecule has 0 radical (unpaired) electrons. The lowest BCUT2D eigenvalue weighted by atomic mass is 10.1. The number of carbonyl (C=O) groups is 1. The maximum atomic E-state index is 12.1. The molecule has 104 valence electrons. The molecule has 0 saturated carbocycles. The smallest absolute Gasteiger partial charge is 0.245 e. The third-order valence-corrected chi connectivity index (χ3v) is 3.71. The van der Waals surface area contributed by atoms with Crippen molar-refractivity contribution in [2.75, 3.05) is 5.32 Å². The van der Waals surface area contributed by atoms with E-state index in [4.69, 9.17) is 17.3 Å². The van der Waals surface area contributed by atoms with Crippen molar-refractivity contribution >= 4 is 39.1 Å². The van der Waals surface area contributed by atoms with Crippen molar-refractivity contribution in [3.05, 3.63) is 63.1 Å². The van der Waals surface area contributed by atoms with Crippen LogP contribution >= 0.6 is 27.5 Å². The molecule has 0 heterocycles. The fraction of sp³-hybridized carbons (Fsp3) is 0.133. The van der Waals surface area contributed by atoms with Crippen LogP contribution in [0.25, 0.3) is 0 Å². The number of hydrogen-bond acceptors (Lipinski definition) is 2. The zero-order chi connectivity index (χ0) is 14.7. The van der Waals surface area contributed by atoms with Gasteiger partial charge in [0.1, 0.15) is 6.04 Å². The van der Waals surface area contributed by atoms with Crippen molar-refractivity contribution in [3.8, 4) is 0 Å². The third kappa shape index (κ3) is 3.60. The number of aryl methyl sites for hydroxylation is 1. The summed E-state index contributed by atoms with van der Waals surface area (Å²) in [5.41, 5.74) is 8.38. The predicted molar refractivity (Wildman–Crippen MR) is 85.9 cm³/mol. The Morgan fingerprint density at radius 3 is 2.50 bits per heavy atom. The first kappa shape index (κ1) is 15.0. The van der Waals surface area contributed by atoms with Gasteiger partial charge in [-0.1, -0.05) is 57.4 Å². The van der Waals surface area contributed by atoms with Gasteiger partial charge in [0.25, 0.3) is 0 Å². The van der Waals surface area contributed by atoms with Crippen LogP contribution in [0.1, 0.15) is 17.2 Å². The molecule has 3 N–H and O–H groups in total. The van der Waals surface area contributed by atoms with E-state index < -0.39 is 6.04 Å². The minimum absolute atomic E-state index is 0.293. The first-order valence-electron chi connectivity index (χ1n) is 6.05. The van der Waals surface area contributed by atoms with Crippen LogP contribution in [0.5, 0.6) is 0 Å². The molecule has 1 atom stereocenters. The summed E-state index contributed by atoms with van der Waals surface area (Å²) in [4.78, 5) is 12.1. The second kappa shape index (κ2) is 6.39. The van der Waals surface area contributed by atoms with Crippen molar-refractivity contribution in [1.29, 1.82) is 0 Å². The molecule has 0 saturated heterocycles. The van der Waals surface area contributed by atoms with Crippen molar-refractivity contribution in [2.45, 2.75) is 13.0 Å². The number of halogens is 2. The van der Waals surface area contributed by atoms with Crippen LogP contribution < -0.4 is 11.1 Å². The summed E-state index contributed by atoms with van der Waals surface area (Å²) < 4.78 is 0.850. The summed E-state index contributed by atoms with van der Waals surface area (Å²) in [6.45, 7) is 1.98. The van der Waals surface area contributed by atoms with E-state index in [9.17, 15) is 4.79 Å². The lowest BCUT2D eigenvalue weighted by Gasteiger charge is -2.14. The molecule has 5 heteroatoms. The van der Waals surface area contributed by atoms with Gasteiger partial charge in [0, 0.05) is 4.47 Å². The second-order valence-corrected chi connectivity index (χ2v) is 5.82. The van der Waals surface area contributed by atoms with Crippen LogP contribution in [0.3, 0.4) is 0 Å². The molecule has 1 unspecified atom stereocenters. The topological polar surface area (TPSA) is 55.1 Å². The summed E-state index contributed by atoms with van der Waals surface area (Å²) >= 11 is 9.37. The Balaban J connectivity index is 2.13. The maximum absolute atomic E-state index is 12.1. The fourth-order valence-electron chi connectivity index (χ4n) is 1.73. The zero-order valence-corrected chi connectivity index (χ0v) is 13.2. The van der Waals surface area contributed by atoms with Crippen LogP contribution in [0.2, 0.25) is 5.02 Å². The average Bonchev–Trinajstić information content (AvgIpc) is 2.42. The molecular weight excluding hydrogens is 340 g/mol. The Morgan fingerprint density at radius 2 is 1.90 bits per heavy atom. The standard InChI is InChI=1S/C15H14BrClN2O/c1-9-2-4-10(5-3-9)14(18)15(20)19-13-7-6-11(16)8-12(13)17/h2-8,14H,18H2,1H3,(H,19,20). The van der Waals surface area contributed by atoms with Gasteiger partial charge in [-0.05, 0) is 30.7 Å². The molecule has 20 heavy (non-hydrogen) atoms. The normalized spacial score (nSPS) is 12.0. The lowest BCUT2D eigenvalue weighted by molar-refractivity contribution is -0.117. The summed E-state index contributed by atoms with van der Waals surface area (Å²) in [6, 6.07) is 12.1. The van der Waals surface area contributed by atoms with E-state index in [1.807, 2.05) is 31.2 Å². The average molecular weight is 354 g/mol. The highest BCUT2D eigenvalue weighted by Gasteiger charge is 2.16. The minimum Gasteiger partial charge on any atom is -0.323 e. The van der Waals surface area contributed by atoms with Crippen LogP contribution in [-0.2, 0) is 4.79 Å². The summed E-state index contributed by atoms with van der Waals surface area (Å²) in [5, 5.41) is 3.20. The van der Waals surface area contributed by atoms with Gasteiger partial charge in [-0.2, -0.15) is 0 Å². The highest BCUT2D eigenvalue weighted by Crippen LogP contribution is 2.26. The van der Waals surface area contributed by atoms with E-state index in [0.717, 1.165) is 15.6 Å². The lowest BCUT2D eigenvalue weighted by Crippen LogP contribution is -2.27. The molecule has 2 aromatic rings. The molecular formula is C15H14BrClN2O. The van der Waals surface area contributed by atoms with Crippen molar-refractivity contribution < 1.29 is 4.79 Å². The Hall–Kier alpha value is -1.36. The second-order valence-electron chi connectivity index (χ2n) is 4.50. The summed E-state index contributed by atoms with van der Waals surface area (Å²) in [5.74, 6) is -0.293. The van der Waals surface area contributed by atoms with Gasteiger partial charge in [-0.25, -0.2) is 0 Å². The van der Waals surface area contributed by atoms with Gasteiger partial charge in [0.15, 0.2) is 0 Å². The number of rotatable bonds is 3. The number of amides is 1. The number of nitrogens with two attached hydrogens (primary N) is 1. The van der Waals surface area contributed by atoms with Gasteiger partial charge < -0.3 is 11.1 Å². The van der Waals surface area contributed by atoms with E-state index in [2.05, 4.69) is 21.2 Å². The Kier molecular flexibility index (Phi) is 4.81. The molecule has 0 bridgehead atoms. The van der Waals surface area contributed by atoms with E-state index in [1.165, 1.54) is 0 Å². The van der Waals surface area contributed by atoms with Crippen LogP contribution in [-0.4, -0.2) is 5.91 Å². The summed E-state index contributed by atoms with van der Waals surface area (Å²) in [6.07, 6.45) is 0. The number of nitrogens with one attached hydrogen (secondary N) is 1.